The molecule has 3 nitrogen and oxygen atoms in total. The van der Waals surface area contributed by atoms with Crippen LogP contribution in [0, 0.1) is 12.3 Å². The average Bonchev–Trinajstić information content (AvgIpc) is 2.75. The lowest BCUT2D eigenvalue weighted by atomic mass is 9.90. The smallest absolute Gasteiger partial charge is 0.253 e. The summed E-state index contributed by atoms with van der Waals surface area (Å²) in [6.45, 7) is 6.35. The van der Waals surface area contributed by atoms with E-state index in [4.69, 9.17) is 5.73 Å². The maximum atomic E-state index is 12.4. The van der Waals surface area contributed by atoms with Gasteiger partial charge in [-0.1, -0.05) is 28.9 Å². The Hall–Kier alpha value is -0.580. The van der Waals surface area contributed by atoms with Crippen LogP contribution in [-0.4, -0.2) is 30.4 Å². The fourth-order valence-electron chi connectivity index (χ4n) is 2.27. The van der Waals surface area contributed by atoms with Gasteiger partial charge in [-0.3, -0.25) is 4.79 Å². The van der Waals surface area contributed by atoms with Crippen LogP contribution in [0.5, 0.6) is 0 Å². The minimum Gasteiger partial charge on any atom is -0.338 e. The number of aryl methyl sites for hydroxylation is 1. The van der Waals surface area contributed by atoms with Gasteiger partial charge in [-0.2, -0.15) is 0 Å². The van der Waals surface area contributed by atoms with Gasteiger partial charge in [0.15, 0.2) is 0 Å². The molecule has 1 unspecified atom stereocenters. The number of carbonyl (C=O) groups excluding carboxylic acids is 1. The van der Waals surface area contributed by atoms with Crippen LogP contribution in [0.15, 0.2) is 22.7 Å². The fraction of sp³-hybridized carbons (Fsp3) is 0.500. The van der Waals surface area contributed by atoms with Crippen LogP contribution >= 0.6 is 28.3 Å². The van der Waals surface area contributed by atoms with Crippen molar-refractivity contribution >= 4 is 34.2 Å². The van der Waals surface area contributed by atoms with E-state index in [-0.39, 0.29) is 23.7 Å². The molecule has 2 N–H and O–H groups in total. The molecule has 106 valence electrons. The van der Waals surface area contributed by atoms with E-state index in [1.54, 1.807) is 0 Å². The molecule has 1 aliphatic rings. The third kappa shape index (κ3) is 3.50. The summed E-state index contributed by atoms with van der Waals surface area (Å²) in [5.74, 6) is 0.105. The highest BCUT2D eigenvalue weighted by Gasteiger charge is 2.35. The first-order valence-electron chi connectivity index (χ1n) is 6.21. The zero-order valence-corrected chi connectivity index (χ0v) is 13.7. The molecule has 0 aliphatic carbocycles. The van der Waals surface area contributed by atoms with Crippen molar-refractivity contribution < 1.29 is 4.79 Å². The topological polar surface area (TPSA) is 46.3 Å². The van der Waals surface area contributed by atoms with Crippen molar-refractivity contribution in [2.75, 3.05) is 19.6 Å². The number of hydrogen-bond acceptors (Lipinski definition) is 2. The molecule has 1 amide bonds. The van der Waals surface area contributed by atoms with Crippen molar-refractivity contribution in [1.29, 1.82) is 0 Å². The van der Waals surface area contributed by atoms with Crippen molar-refractivity contribution in [1.82, 2.24) is 4.90 Å². The monoisotopic (exact) mass is 346 g/mol. The van der Waals surface area contributed by atoms with Gasteiger partial charge >= 0.3 is 0 Å². The molecule has 0 bridgehead atoms. The van der Waals surface area contributed by atoms with Crippen LogP contribution in [0.3, 0.4) is 0 Å². The molecule has 2 rings (SSSR count). The maximum Gasteiger partial charge on any atom is 0.253 e. The summed E-state index contributed by atoms with van der Waals surface area (Å²) < 4.78 is 0.981. The molecule has 19 heavy (non-hydrogen) atoms. The van der Waals surface area contributed by atoms with Crippen LogP contribution in [0.2, 0.25) is 0 Å². The number of nitrogens with two attached hydrogens (primary N) is 1. The lowest BCUT2D eigenvalue weighted by Gasteiger charge is -2.22. The standard InChI is InChI=1S/C14H19BrN2O.ClH/c1-10-3-4-11(7-12(10)15)13(18)17-6-5-14(2,8-16)9-17;/h3-4,7H,5-6,8-9,16H2,1-2H3;1H. The van der Waals surface area contributed by atoms with Crippen LogP contribution in [0.4, 0.5) is 0 Å². The number of nitrogens with zero attached hydrogens (tertiary/aromatic N) is 1. The predicted molar refractivity (Wildman–Crippen MR) is 83.8 cm³/mol. The lowest BCUT2D eigenvalue weighted by Crippen LogP contribution is -2.34. The van der Waals surface area contributed by atoms with Gasteiger partial charge in [0.05, 0.1) is 0 Å². The summed E-state index contributed by atoms with van der Waals surface area (Å²) >= 11 is 3.47. The highest BCUT2D eigenvalue weighted by Crippen LogP contribution is 2.30. The maximum absolute atomic E-state index is 12.4. The summed E-state index contributed by atoms with van der Waals surface area (Å²) in [4.78, 5) is 14.3. The number of hydrogen-bond donors (Lipinski definition) is 1. The second-order valence-corrected chi connectivity index (χ2v) is 6.31. The highest BCUT2D eigenvalue weighted by molar-refractivity contribution is 9.10. The normalized spacial score (nSPS) is 22.2. The second-order valence-electron chi connectivity index (χ2n) is 5.46. The SMILES string of the molecule is Cc1ccc(C(=O)N2CCC(C)(CN)C2)cc1Br.Cl. The first-order chi connectivity index (χ1) is 8.45. The van der Waals surface area contributed by atoms with Gasteiger partial charge in [-0.15, -0.1) is 12.4 Å². The first-order valence-corrected chi connectivity index (χ1v) is 7.00. The van der Waals surface area contributed by atoms with Crippen molar-refractivity contribution in [2.24, 2.45) is 11.1 Å². The van der Waals surface area contributed by atoms with Crippen LogP contribution in [0.25, 0.3) is 0 Å². The quantitative estimate of drug-likeness (QED) is 0.894. The molecule has 0 saturated carbocycles. The molecule has 0 aromatic heterocycles. The van der Waals surface area contributed by atoms with Crippen molar-refractivity contribution in [3.8, 4) is 0 Å². The molecular weight excluding hydrogens is 328 g/mol. The van der Waals surface area contributed by atoms with E-state index in [9.17, 15) is 4.79 Å². The van der Waals surface area contributed by atoms with Crippen LogP contribution in [-0.2, 0) is 0 Å². The summed E-state index contributed by atoms with van der Waals surface area (Å²) in [6.07, 6.45) is 0.988. The van der Waals surface area contributed by atoms with Crippen LogP contribution in [0.1, 0.15) is 29.3 Å². The Morgan fingerprint density at radius 1 is 1.53 bits per heavy atom. The summed E-state index contributed by atoms with van der Waals surface area (Å²) in [5.41, 5.74) is 7.73. The Morgan fingerprint density at radius 2 is 2.21 bits per heavy atom. The molecule has 1 atom stereocenters. The molecular formula is C14H20BrClN2O. The molecule has 1 aromatic carbocycles. The Bertz CT molecular complexity index is 481. The van der Waals surface area contributed by atoms with Gasteiger partial charge in [0.1, 0.15) is 0 Å². The van der Waals surface area contributed by atoms with E-state index in [1.165, 1.54) is 0 Å². The predicted octanol–water partition coefficient (Wildman–Crippen LogP) is 2.99. The van der Waals surface area contributed by atoms with E-state index >= 15 is 0 Å². The van der Waals surface area contributed by atoms with Gasteiger partial charge in [0.25, 0.3) is 5.91 Å². The number of likely N-dealkylation sites (tertiary alicyclic amines) is 1. The molecule has 0 spiro atoms. The third-order valence-electron chi connectivity index (χ3n) is 3.76. The number of halogens is 2. The Morgan fingerprint density at radius 3 is 2.74 bits per heavy atom. The van der Waals surface area contributed by atoms with Crippen molar-refractivity contribution in [3.63, 3.8) is 0 Å². The van der Waals surface area contributed by atoms with Gasteiger partial charge in [-0.05, 0) is 43.0 Å². The number of benzene rings is 1. The minimum absolute atomic E-state index is 0. The Balaban J connectivity index is 0.00000180. The van der Waals surface area contributed by atoms with E-state index in [2.05, 4.69) is 22.9 Å². The molecule has 1 fully saturated rings. The highest BCUT2D eigenvalue weighted by atomic mass is 79.9. The van der Waals surface area contributed by atoms with Crippen LogP contribution < -0.4 is 5.73 Å². The van der Waals surface area contributed by atoms with Crippen molar-refractivity contribution in [3.05, 3.63) is 33.8 Å². The molecule has 1 aliphatic heterocycles. The molecule has 5 heteroatoms. The van der Waals surface area contributed by atoms with E-state index in [1.807, 2.05) is 30.0 Å². The molecule has 0 radical (unpaired) electrons. The molecule has 1 aromatic rings. The van der Waals surface area contributed by atoms with Gasteiger partial charge in [-0.25, -0.2) is 0 Å². The van der Waals surface area contributed by atoms with E-state index in [0.717, 1.165) is 35.1 Å². The molecule has 1 heterocycles. The summed E-state index contributed by atoms with van der Waals surface area (Å²) in [5, 5.41) is 0. The summed E-state index contributed by atoms with van der Waals surface area (Å²) in [7, 11) is 0. The lowest BCUT2D eigenvalue weighted by molar-refractivity contribution is 0.0777. The number of rotatable bonds is 2. The largest absolute Gasteiger partial charge is 0.338 e. The number of amides is 1. The average molecular weight is 348 g/mol. The Kier molecular flexibility index (Phi) is 5.42. The Labute approximate surface area is 129 Å². The number of carbonyl (C=O) groups is 1. The van der Waals surface area contributed by atoms with Crippen molar-refractivity contribution in [2.45, 2.75) is 20.3 Å². The second kappa shape index (κ2) is 6.25. The molecule has 1 saturated heterocycles. The van der Waals surface area contributed by atoms with E-state index in [0.29, 0.717) is 6.54 Å². The van der Waals surface area contributed by atoms with Gasteiger partial charge in [0.2, 0.25) is 0 Å². The van der Waals surface area contributed by atoms with Gasteiger partial charge in [0, 0.05) is 23.1 Å². The minimum atomic E-state index is 0. The van der Waals surface area contributed by atoms with Gasteiger partial charge < -0.3 is 10.6 Å². The first kappa shape index (κ1) is 16.5. The zero-order chi connectivity index (χ0) is 13.3. The summed E-state index contributed by atoms with van der Waals surface area (Å²) in [6, 6.07) is 5.76. The fourth-order valence-corrected chi connectivity index (χ4v) is 2.65. The third-order valence-corrected chi connectivity index (χ3v) is 4.61. The zero-order valence-electron chi connectivity index (χ0n) is 11.3. The van der Waals surface area contributed by atoms with E-state index < -0.39 is 0 Å².